The van der Waals surface area contributed by atoms with Crippen LogP contribution in [0.4, 0.5) is 4.39 Å². The smallest absolute Gasteiger partial charge is 0.123 e. The topological polar surface area (TPSA) is 0 Å². The Morgan fingerprint density at radius 2 is 1.53 bits per heavy atom. The summed E-state index contributed by atoms with van der Waals surface area (Å²) >= 11 is 6.47. The SMILES string of the molecule is Cc1cc(F)cc(C)c1C(Cl)c1ccccc1. The van der Waals surface area contributed by atoms with Crippen LogP contribution in [0.1, 0.15) is 27.6 Å². The summed E-state index contributed by atoms with van der Waals surface area (Å²) in [4.78, 5) is 0. The lowest BCUT2D eigenvalue weighted by molar-refractivity contribution is 0.624. The summed E-state index contributed by atoms with van der Waals surface area (Å²) in [5, 5.41) is -0.225. The first kappa shape index (κ1) is 12.1. The molecule has 0 N–H and O–H groups in total. The molecule has 0 radical (unpaired) electrons. The number of hydrogen-bond acceptors (Lipinski definition) is 0. The molecule has 0 aromatic heterocycles. The molecule has 2 heteroatoms. The number of aryl methyl sites for hydroxylation is 2. The molecule has 2 aromatic carbocycles. The van der Waals surface area contributed by atoms with E-state index in [9.17, 15) is 4.39 Å². The number of hydrogen-bond donors (Lipinski definition) is 0. The van der Waals surface area contributed by atoms with Gasteiger partial charge in [0.15, 0.2) is 0 Å². The first-order chi connectivity index (χ1) is 8.09. The second-order valence-corrected chi connectivity index (χ2v) is 4.66. The number of halogens is 2. The van der Waals surface area contributed by atoms with Gasteiger partial charge in [0.05, 0.1) is 5.38 Å². The molecular formula is C15H14ClF. The molecule has 0 aliphatic carbocycles. The van der Waals surface area contributed by atoms with Crippen molar-refractivity contribution in [1.29, 1.82) is 0 Å². The van der Waals surface area contributed by atoms with Crippen LogP contribution in [0.3, 0.4) is 0 Å². The minimum atomic E-state index is -0.225. The van der Waals surface area contributed by atoms with E-state index in [1.54, 1.807) is 0 Å². The standard InChI is InChI=1S/C15H14ClF/c1-10-8-13(17)9-11(2)14(10)15(16)12-6-4-3-5-7-12/h3-9,15H,1-2H3. The highest BCUT2D eigenvalue weighted by Gasteiger charge is 2.16. The maximum Gasteiger partial charge on any atom is 0.123 e. The Bertz CT molecular complexity index is 497. The molecule has 0 saturated carbocycles. The molecule has 0 aliphatic heterocycles. The molecule has 0 nitrogen and oxygen atoms in total. The minimum absolute atomic E-state index is 0.208. The summed E-state index contributed by atoms with van der Waals surface area (Å²) in [5.41, 5.74) is 3.82. The third-order valence-electron chi connectivity index (χ3n) is 2.90. The van der Waals surface area contributed by atoms with Gasteiger partial charge in [-0.15, -0.1) is 11.6 Å². The van der Waals surface area contributed by atoms with E-state index in [1.807, 2.05) is 44.2 Å². The van der Waals surface area contributed by atoms with Gasteiger partial charge in [-0.2, -0.15) is 0 Å². The lowest BCUT2D eigenvalue weighted by Crippen LogP contribution is -2.00. The van der Waals surface area contributed by atoms with Gasteiger partial charge in [0.1, 0.15) is 5.82 Å². The predicted molar refractivity (Wildman–Crippen MR) is 70.0 cm³/mol. The molecule has 0 spiro atoms. The average Bonchev–Trinajstić information content (AvgIpc) is 2.28. The summed E-state index contributed by atoms with van der Waals surface area (Å²) in [5.74, 6) is -0.208. The molecule has 0 heterocycles. The van der Waals surface area contributed by atoms with Crippen molar-refractivity contribution >= 4 is 11.6 Å². The average molecular weight is 249 g/mol. The third-order valence-corrected chi connectivity index (χ3v) is 3.37. The van der Waals surface area contributed by atoms with Crippen LogP contribution in [0.15, 0.2) is 42.5 Å². The van der Waals surface area contributed by atoms with Crippen molar-refractivity contribution in [3.63, 3.8) is 0 Å². The molecule has 2 rings (SSSR count). The maximum absolute atomic E-state index is 13.2. The minimum Gasteiger partial charge on any atom is -0.207 e. The first-order valence-electron chi connectivity index (χ1n) is 5.55. The Kier molecular flexibility index (Phi) is 3.49. The zero-order valence-corrected chi connectivity index (χ0v) is 10.6. The van der Waals surface area contributed by atoms with E-state index in [0.29, 0.717) is 0 Å². The molecule has 17 heavy (non-hydrogen) atoms. The molecule has 1 unspecified atom stereocenters. The van der Waals surface area contributed by atoms with Crippen LogP contribution in [-0.2, 0) is 0 Å². The van der Waals surface area contributed by atoms with Gasteiger partial charge in [0.2, 0.25) is 0 Å². The molecule has 0 amide bonds. The maximum atomic E-state index is 13.2. The Morgan fingerprint density at radius 3 is 2.06 bits per heavy atom. The van der Waals surface area contributed by atoms with Crippen LogP contribution in [0.2, 0.25) is 0 Å². The zero-order valence-electron chi connectivity index (χ0n) is 9.87. The van der Waals surface area contributed by atoms with Crippen LogP contribution in [0.25, 0.3) is 0 Å². The van der Waals surface area contributed by atoms with Crippen molar-refractivity contribution in [2.45, 2.75) is 19.2 Å². The Morgan fingerprint density at radius 1 is 1.00 bits per heavy atom. The van der Waals surface area contributed by atoms with Crippen molar-refractivity contribution in [3.8, 4) is 0 Å². The van der Waals surface area contributed by atoms with Gasteiger partial charge in [0, 0.05) is 0 Å². The highest BCUT2D eigenvalue weighted by Crippen LogP contribution is 2.33. The molecule has 0 bridgehead atoms. The summed E-state index contributed by atoms with van der Waals surface area (Å²) in [6, 6.07) is 12.9. The van der Waals surface area contributed by atoms with Crippen LogP contribution < -0.4 is 0 Å². The van der Waals surface area contributed by atoms with Gasteiger partial charge in [-0.3, -0.25) is 0 Å². The van der Waals surface area contributed by atoms with Gasteiger partial charge in [-0.05, 0) is 48.2 Å². The van der Waals surface area contributed by atoms with E-state index in [4.69, 9.17) is 11.6 Å². The van der Waals surface area contributed by atoms with Crippen molar-refractivity contribution in [2.75, 3.05) is 0 Å². The molecular weight excluding hydrogens is 235 g/mol. The van der Waals surface area contributed by atoms with Crippen molar-refractivity contribution in [2.24, 2.45) is 0 Å². The van der Waals surface area contributed by atoms with E-state index in [-0.39, 0.29) is 11.2 Å². The normalized spacial score (nSPS) is 12.5. The Balaban J connectivity index is 2.48. The fraction of sp³-hybridized carbons (Fsp3) is 0.200. The summed E-state index contributed by atoms with van der Waals surface area (Å²) < 4.78 is 13.2. The fourth-order valence-corrected chi connectivity index (χ4v) is 2.60. The number of rotatable bonds is 2. The van der Waals surface area contributed by atoms with Crippen LogP contribution in [0, 0.1) is 19.7 Å². The first-order valence-corrected chi connectivity index (χ1v) is 5.99. The van der Waals surface area contributed by atoms with E-state index in [2.05, 4.69) is 0 Å². The molecule has 0 saturated heterocycles. The van der Waals surface area contributed by atoms with E-state index >= 15 is 0 Å². The molecule has 0 aliphatic rings. The van der Waals surface area contributed by atoms with E-state index in [1.165, 1.54) is 12.1 Å². The Labute approximate surface area is 106 Å². The van der Waals surface area contributed by atoms with Gasteiger partial charge >= 0.3 is 0 Å². The Hall–Kier alpha value is -1.34. The highest BCUT2D eigenvalue weighted by atomic mass is 35.5. The number of benzene rings is 2. The van der Waals surface area contributed by atoms with Crippen LogP contribution in [-0.4, -0.2) is 0 Å². The van der Waals surface area contributed by atoms with Gasteiger partial charge in [-0.25, -0.2) is 4.39 Å². The summed E-state index contributed by atoms with van der Waals surface area (Å²) in [6.45, 7) is 3.79. The van der Waals surface area contributed by atoms with Crippen molar-refractivity contribution in [1.82, 2.24) is 0 Å². The van der Waals surface area contributed by atoms with E-state index in [0.717, 1.165) is 22.3 Å². The second-order valence-electron chi connectivity index (χ2n) is 4.23. The lowest BCUT2D eigenvalue weighted by Gasteiger charge is -2.16. The van der Waals surface area contributed by atoms with Crippen LogP contribution >= 0.6 is 11.6 Å². The number of alkyl halides is 1. The molecule has 2 aromatic rings. The van der Waals surface area contributed by atoms with Gasteiger partial charge < -0.3 is 0 Å². The van der Waals surface area contributed by atoms with Crippen LogP contribution in [0.5, 0.6) is 0 Å². The van der Waals surface area contributed by atoms with Crippen molar-refractivity contribution < 1.29 is 4.39 Å². The third kappa shape index (κ3) is 2.50. The van der Waals surface area contributed by atoms with Gasteiger partial charge in [-0.1, -0.05) is 30.3 Å². The molecule has 1 atom stereocenters. The predicted octanol–water partition coefficient (Wildman–Crippen LogP) is 4.77. The van der Waals surface area contributed by atoms with Crippen molar-refractivity contribution in [3.05, 3.63) is 70.5 Å². The summed E-state index contributed by atoms with van der Waals surface area (Å²) in [7, 11) is 0. The van der Waals surface area contributed by atoms with Gasteiger partial charge in [0.25, 0.3) is 0 Å². The molecule has 0 fully saturated rings. The quantitative estimate of drug-likeness (QED) is 0.672. The lowest BCUT2D eigenvalue weighted by atomic mass is 9.95. The molecule has 88 valence electrons. The van der Waals surface area contributed by atoms with E-state index < -0.39 is 0 Å². The zero-order chi connectivity index (χ0) is 12.4. The largest absolute Gasteiger partial charge is 0.207 e. The monoisotopic (exact) mass is 248 g/mol. The highest BCUT2D eigenvalue weighted by molar-refractivity contribution is 6.22. The summed E-state index contributed by atoms with van der Waals surface area (Å²) in [6.07, 6.45) is 0. The second kappa shape index (κ2) is 4.89. The fourth-order valence-electron chi connectivity index (χ4n) is 2.11.